The Morgan fingerprint density at radius 2 is 2.06 bits per heavy atom. The van der Waals surface area contributed by atoms with Crippen LogP contribution in [0.2, 0.25) is 5.02 Å². The van der Waals surface area contributed by atoms with Crippen LogP contribution >= 0.6 is 11.6 Å². The molecule has 4 heterocycles. The number of benzene rings is 1. The van der Waals surface area contributed by atoms with Gasteiger partial charge in [0.25, 0.3) is 0 Å². The normalized spacial score (nSPS) is 20.5. The predicted octanol–water partition coefficient (Wildman–Crippen LogP) is 2.23. The van der Waals surface area contributed by atoms with Crippen LogP contribution in [0.1, 0.15) is 5.56 Å². The second kappa shape index (κ2) is 9.44. The molecular weight excluding hydrogens is 477 g/mol. The lowest BCUT2D eigenvalue weighted by atomic mass is 10.0. The molecule has 3 aliphatic heterocycles. The van der Waals surface area contributed by atoms with Crippen LogP contribution in [0, 0.1) is 5.82 Å². The molecule has 0 spiro atoms. The first-order valence-corrected chi connectivity index (χ1v) is 11.8. The Balaban J connectivity index is 1.64. The number of nitrogens with zero attached hydrogens (tertiary/aromatic N) is 4. The van der Waals surface area contributed by atoms with Crippen LogP contribution < -0.4 is 10.2 Å². The SMILES string of the molecule is C=CC(=O)N1CCN2Cc3c(N4CCOCC4)nc(-c4c(O)cccc4F)c(Cl)c3NC(=O)[C@H]2C1. The van der Waals surface area contributed by atoms with Crippen LogP contribution in [0.15, 0.2) is 30.9 Å². The van der Waals surface area contributed by atoms with Crippen LogP contribution in [0.5, 0.6) is 5.75 Å². The molecule has 184 valence electrons. The molecule has 1 atom stereocenters. The highest BCUT2D eigenvalue weighted by Crippen LogP contribution is 2.44. The largest absolute Gasteiger partial charge is 0.507 e. The molecule has 9 nitrogen and oxygen atoms in total. The number of morpholine rings is 1. The highest BCUT2D eigenvalue weighted by atomic mass is 35.5. The molecule has 2 N–H and O–H groups in total. The summed E-state index contributed by atoms with van der Waals surface area (Å²) in [7, 11) is 0. The van der Waals surface area contributed by atoms with E-state index in [-0.39, 0.29) is 40.4 Å². The lowest BCUT2D eigenvalue weighted by Crippen LogP contribution is -2.57. The van der Waals surface area contributed by atoms with E-state index in [2.05, 4.69) is 11.9 Å². The Labute approximate surface area is 206 Å². The van der Waals surface area contributed by atoms with Gasteiger partial charge in [-0.3, -0.25) is 14.5 Å². The number of carbonyl (C=O) groups excluding carboxylic acids is 2. The predicted molar refractivity (Wildman–Crippen MR) is 129 cm³/mol. The van der Waals surface area contributed by atoms with Gasteiger partial charge in [-0.15, -0.1) is 0 Å². The summed E-state index contributed by atoms with van der Waals surface area (Å²) in [5.74, 6) is -0.984. The summed E-state index contributed by atoms with van der Waals surface area (Å²) in [6.07, 6.45) is 1.24. The van der Waals surface area contributed by atoms with E-state index in [0.29, 0.717) is 63.0 Å². The van der Waals surface area contributed by atoms with E-state index >= 15 is 0 Å². The van der Waals surface area contributed by atoms with Gasteiger partial charge < -0.3 is 25.0 Å². The van der Waals surface area contributed by atoms with Crippen molar-refractivity contribution >= 4 is 34.9 Å². The molecule has 1 aromatic carbocycles. The molecule has 2 fully saturated rings. The average molecular weight is 502 g/mol. The fraction of sp³-hybridized carbons (Fsp3) is 0.375. The maximum Gasteiger partial charge on any atom is 0.246 e. The number of piperazine rings is 1. The molecule has 0 unspecified atom stereocenters. The summed E-state index contributed by atoms with van der Waals surface area (Å²) in [5, 5.41) is 13.4. The van der Waals surface area contributed by atoms with E-state index in [1.54, 1.807) is 4.90 Å². The van der Waals surface area contributed by atoms with Gasteiger partial charge in [0.1, 0.15) is 29.1 Å². The fourth-order valence-electron chi connectivity index (χ4n) is 4.81. The number of rotatable bonds is 3. The van der Waals surface area contributed by atoms with Crippen molar-refractivity contribution in [3.8, 4) is 17.0 Å². The number of halogens is 2. The van der Waals surface area contributed by atoms with Gasteiger partial charge in [0.2, 0.25) is 11.8 Å². The standard InChI is InChI=1S/C24H25ClFN5O4/c1-2-18(33)31-7-6-30-12-14-21(28-24(34)16(30)13-31)20(25)22(19-15(26)4-3-5-17(19)32)27-23(14)29-8-10-35-11-9-29/h2-5,16,32H,1,6-13H2,(H,28,34)/t16-/m1/s1. The topological polar surface area (TPSA) is 98.2 Å². The van der Waals surface area contributed by atoms with Gasteiger partial charge in [-0.05, 0) is 18.2 Å². The molecule has 1 aromatic heterocycles. The minimum atomic E-state index is -0.678. The highest BCUT2D eigenvalue weighted by Gasteiger charge is 2.39. The Kier molecular flexibility index (Phi) is 6.35. The number of phenolic OH excluding ortho intramolecular Hbond substituents is 1. The van der Waals surface area contributed by atoms with Gasteiger partial charge in [0.15, 0.2) is 0 Å². The first-order valence-electron chi connectivity index (χ1n) is 11.4. The van der Waals surface area contributed by atoms with E-state index in [9.17, 15) is 19.1 Å². The number of hydrogen-bond donors (Lipinski definition) is 2. The van der Waals surface area contributed by atoms with E-state index < -0.39 is 11.9 Å². The van der Waals surface area contributed by atoms with Crippen LogP contribution in [-0.2, 0) is 20.9 Å². The molecule has 0 aliphatic carbocycles. The number of ether oxygens (including phenoxy) is 1. The number of pyridine rings is 1. The maximum absolute atomic E-state index is 14.8. The molecule has 35 heavy (non-hydrogen) atoms. The molecule has 5 rings (SSSR count). The summed E-state index contributed by atoms with van der Waals surface area (Å²) in [6.45, 7) is 7.16. The summed E-state index contributed by atoms with van der Waals surface area (Å²) in [4.78, 5) is 35.9. The zero-order valence-corrected chi connectivity index (χ0v) is 19.7. The van der Waals surface area contributed by atoms with Gasteiger partial charge in [-0.25, -0.2) is 9.37 Å². The number of carbonyl (C=O) groups is 2. The van der Waals surface area contributed by atoms with E-state index in [1.165, 1.54) is 24.3 Å². The summed E-state index contributed by atoms with van der Waals surface area (Å²) in [6, 6.07) is 3.38. The van der Waals surface area contributed by atoms with Crippen molar-refractivity contribution < 1.29 is 23.8 Å². The van der Waals surface area contributed by atoms with Crippen molar-refractivity contribution in [2.24, 2.45) is 0 Å². The number of aromatic hydroxyl groups is 1. The van der Waals surface area contributed by atoms with Crippen molar-refractivity contribution in [2.75, 3.05) is 56.2 Å². The van der Waals surface area contributed by atoms with Gasteiger partial charge in [-0.2, -0.15) is 0 Å². The van der Waals surface area contributed by atoms with Crippen LogP contribution in [0.4, 0.5) is 15.9 Å². The second-order valence-electron chi connectivity index (χ2n) is 8.65. The number of amides is 2. The summed E-state index contributed by atoms with van der Waals surface area (Å²) >= 11 is 6.76. The first kappa shape index (κ1) is 23.5. The van der Waals surface area contributed by atoms with Crippen molar-refractivity contribution in [1.82, 2.24) is 14.8 Å². The Hall–Kier alpha value is -3.21. The van der Waals surface area contributed by atoms with Gasteiger partial charge >= 0.3 is 0 Å². The fourth-order valence-corrected chi connectivity index (χ4v) is 5.11. The summed E-state index contributed by atoms with van der Waals surface area (Å²) < 4.78 is 20.3. The van der Waals surface area contributed by atoms with E-state index in [0.717, 1.165) is 0 Å². The smallest absolute Gasteiger partial charge is 0.246 e. The van der Waals surface area contributed by atoms with Crippen molar-refractivity contribution in [2.45, 2.75) is 12.6 Å². The van der Waals surface area contributed by atoms with Crippen molar-refractivity contribution in [1.29, 1.82) is 0 Å². The molecule has 0 radical (unpaired) electrons. The third-order valence-electron chi connectivity index (χ3n) is 6.65. The van der Waals surface area contributed by atoms with Gasteiger partial charge in [0.05, 0.1) is 29.5 Å². The molecule has 3 aliphatic rings. The zero-order valence-electron chi connectivity index (χ0n) is 19.0. The highest BCUT2D eigenvalue weighted by molar-refractivity contribution is 6.36. The van der Waals surface area contributed by atoms with Crippen LogP contribution in [-0.4, -0.2) is 83.7 Å². The number of phenols is 1. The Morgan fingerprint density at radius 1 is 1.29 bits per heavy atom. The minimum Gasteiger partial charge on any atom is -0.507 e. The third-order valence-corrected chi connectivity index (χ3v) is 7.01. The number of nitrogens with one attached hydrogen (secondary N) is 1. The zero-order chi connectivity index (χ0) is 24.7. The minimum absolute atomic E-state index is 0.0460. The molecule has 2 saturated heterocycles. The number of aromatic nitrogens is 1. The van der Waals surface area contributed by atoms with E-state index in [1.807, 2.05) is 9.80 Å². The third kappa shape index (κ3) is 4.22. The molecule has 0 saturated carbocycles. The van der Waals surface area contributed by atoms with Crippen LogP contribution in [0.3, 0.4) is 0 Å². The number of hydrogen-bond acceptors (Lipinski definition) is 7. The van der Waals surface area contributed by atoms with Crippen LogP contribution in [0.25, 0.3) is 11.3 Å². The molecule has 0 bridgehead atoms. The van der Waals surface area contributed by atoms with Crippen molar-refractivity contribution in [3.63, 3.8) is 0 Å². The Bertz CT molecular complexity index is 1180. The maximum atomic E-state index is 14.8. The van der Waals surface area contributed by atoms with Gasteiger partial charge in [0, 0.05) is 44.8 Å². The monoisotopic (exact) mass is 501 g/mol. The summed E-state index contributed by atoms with van der Waals surface area (Å²) in [5.41, 5.74) is 0.956. The second-order valence-corrected chi connectivity index (χ2v) is 9.03. The molecular formula is C24H25ClFN5O4. The average Bonchev–Trinajstić information content (AvgIpc) is 3.01. The number of fused-ring (bicyclic) bond motifs is 2. The molecule has 2 amide bonds. The van der Waals surface area contributed by atoms with Crippen molar-refractivity contribution in [3.05, 3.63) is 47.3 Å². The van der Waals surface area contributed by atoms with E-state index in [4.69, 9.17) is 21.3 Å². The molecule has 2 aromatic rings. The molecule has 11 heteroatoms. The number of anilines is 2. The first-order chi connectivity index (χ1) is 16.9. The Morgan fingerprint density at radius 3 is 2.77 bits per heavy atom. The lowest BCUT2D eigenvalue weighted by Gasteiger charge is -2.39. The lowest BCUT2D eigenvalue weighted by molar-refractivity contribution is -0.132. The van der Waals surface area contributed by atoms with Gasteiger partial charge in [-0.1, -0.05) is 24.2 Å². The quantitative estimate of drug-likeness (QED) is 0.622.